The summed E-state index contributed by atoms with van der Waals surface area (Å²) in [5.74, 6) is 0. The lowest BCUT2D eigenvalue weighted by Crippen LogP contribution is -2.18. The predicted molar refractivity (Wildman–Crippen MR) is 75.7 cm³/mol. The number of nitrogens with two attached hydrogens (primary N) is 1. The van der Waals surface area contributed by atoms with Crippen LogP contribution in [-0.4, -0.2) is 10.1 Å². The molecule has 1 heterocycles. The summed E-state index contributed by atoms with van der Waals surface area (Å²) in [5.41, 5.74) is 7.35. The topological polar surface area (TPSA) is 50.9 Å². The number of aromatic nitrogens is 1. The van der Waals surface area contributed by atoms with E-state index in [2.05, 4.69) is 26.2 Å². The predicted octanol–water partition coefficient (Wildman–Crippen LogP) is 3.23. The smallest absolute Gasteiger partial charge is 0.189 e. The third-order valence-electron chi connectivity index (χ3n) is 1.87. The molecule has 0 aliphatic rings. The van der Waals surface area contributed by atoms with Crippen molar-refractivity contribution in [2.24, 2.45) is 5.73 Å². The van der Waals surface area contributed by atoms with Crippen molar-refractivity contribution in [1.82, 2.24) is 4.98 Å². The van der Waals surface area contributed by atoms with E-state index in [-0.39, 0.29) is 5.11 Å². The number of hydrogen-bond acceptors (Lipinski definition) is 3. The quantitative estimate of drug-likeness (QED) is 0.836. The number of nitrogens with one attached hydrogen (secondary N) is 1. The number of rotatable bonds is 2. The van der Waals surface area contributed by atoms with E-state index < -0.39 is 0 Å². The number of halogens is 1. The summed E-state index contributed by atoms with van der Waals surface area (Å²) in [7, 11) is 0. The van der Waals surface area contributed by atoms with Crippen molar-refractivity contribution in [2.45, 2.75) is 0 Å². The third-order valence-corrected chi connectivity index (χ3v) is 3.26. The summed E-state index contributed by atoms with van der Waals surface area (Å²) in [5, 5.41) is 5.72. The minimum absolute atomic E-state index is 0.233. The normalized spacial score (nSPS) is 10.1. The Morgan fingerprint density at radius 1 is 1.38 bits per heavy atom. The molecular formula is C10H8BrN3S2. The van der Waals surface area contributed by atoms with Gasteiger partial charge in [0.1, 0.15) is 0 Å². The Labute approximate surface area is 111 Å². The van der Waals surface area contributed by atoms with E-state index in [0.717, 1.165) is 15.7 Å². The van der Waals surface area contributed by atoms with Gasteiger partial charge in [-0.15, -0.1) is 11.3 Å². The lowest BCUT2D eigenvalue weighted by molar-refractivity contribution is 1.39. The van der Waals surface area contributed by atoms with E-state index in [1.165, 1.54) is 11.3 Å². The molecule has 0 saturated carbocycles. The highest BCUT2D eigenvalue weighted by molar-refractivity contribution is 9.10. The Hall–Kier alpha value is -0.980. The summed E-state index contributed by atoms with van der Waals surface area (Å²) in [6.45, 7) is 0. The average Bonchev–Trinajstić information content (AvgIpc) is 2.66. The second kappa shape index (κ2) is 4.90. The highest BCUT2D eigenvalue weighted by Gasteiger charge is 2.04. The van der Waals surface area contributed by atoms with Gasteiger partial charge in [-0.25, -0.2) is 4.98 Å². The molecule has 2 aromatic rings. The van der Waals surface area contributed by atoms with E-state index in [4.69, 9.17) is 18.0 Å². The Bertz CT molecular complexity index is 507. The van der Waals surface area contributed by atoms with Crippen LogP contribution in [0.3, 0.4) is 0 Å². The van der Waals surface area contributed by atoms with E-state index in [1.807, 2.05) is 29.6 Å². The number of thiocarbonyl (C=S) groups is 1. The van der Waals surface area contributed by atoms with Crippen LogP contribution >= 0.6 is 39.5 Å². The van der Waals surface area contributed by atoms with Crippen LogP contribution in [0.25, 0.3) is 11.3 Å². The molecule has 3 N–H and O–H groups in total. The summed E-state index contributed by atoms with van der Waals surface area (Å²) >= 11 is 9.62. The van der Waals surface area contributed by atoms with E-state index >= 15 is 0 Å². The lowest BCUT2D eigenvalue weighted by atomic mass is 10.2. The van der Waals surface area contributed by atoms with Crippen LogP contribution in [0.1, 0.15) is 0 Å². The van der Waals surface area contributed by atoms with Crippen molar-refractivity contribution in [2.75, 3.05) is 5.32 Å². The van der Waals surface area contributed by atoms with Crippen molar-refractivity contribution in [3.63, 3.8) is 0 Å². The Kier molecular flexibility index (Phi) is 3.52. The highest BCUT2D eigenvalue weighted by atomic mass is 79.9. The van der Waals surface area contributed by atoms with E-state index in [1.54, 1.807) is 0 Å². The van der Waals surface area contributed by atoms with Crippen molar-refractivity contribution < 1.29 is 0 Å². The first kappa shape index (κ1) is 11.5. The molecule has 0 spiro atoms. The number of hydrogen-bond donors (Lipinski definition) is 2. The lowest BCUT2D eigenvalue weighted by Gasteiger charge is -1.97. The Morgan fingerprint density at radius 2 is 2.06 bits per heavy atom. The van der Waals surface area contributed by atoms with Gasteiger partial charge in [0, 0.05) is 15.4 Å². The zero-order chi connectivity index (χ0) is 11.5. The van der Waals surface area contributed by atoms with Crippen LogP contribution in [-0.2, 0) is 0 Å². The average molecular weight is 314 g/mol. The van der Waals surface area contributed by atoms with Crippen LogP contribution < -0.4 is 11.1 Å². The van der Waals surface area contributed by atoms with Gasteiger partial charge in [-0.3, -0.25) is 0 Å². The number of benzene rings is 1. The van der Waals surface area contributed by atoms with Crippen LogP contribution in [0.5, 0.6) is 0 Å². The van der Waals surface area contributed by atoms with Gasteiger partial charge in [-0.1, -0.05) is 28.1 Å². The molecule has 0 bridgehead atoms. The molecule has 0 unspecified atom stereocenters. The molecule has 3 nitrogen and oxygen atoms in total. The second-order valence-electron chi connectivity index (χ2n) is 3.03. The van der Waals surface area contributed by atoms with Crippen LogP contribution in [0, 0.1) is 0 Å². The molecule has 1 aromatic carbocycles. The van der Waals surface area contributed by atoms with Crippen molar-refractivity contribution in [3.05, 3.63) is 34.1 Å². The van der Waals surface area contributed by atoms with Gasteiger partial charge in [0.15, 0.2) is 10.2 Å². The maximum atomic E-state index is 5.37. The molecule has 1 aromatic heterocycles. The Balaban J connectivity index is 2.24. The molecule has 16 heavy (non-hydrogen) atoms. The first-order chi connectivity index (χ1) is 7.65. The molecular weight excluding hydrogens is 306 g/mol. The van der Waals surface area contributed by atoms with Gasteiger partial charge < -0.3 is 11.1 Å². The largest absolute Gasteiger partial charge is 0.376 e. The monoisotopic (exact) mass is 313 g/mol. The second-order valence-corrected chi connectivity index (χ2v) is 5.25. The van der Waals surface area contributed by atoms with Crippen LogP contribution in [0.15, 0.2) is 34.1 Å². The molecule has 0 saturated heterocycles. The summed E-state index contributed by atoms with van der Waals surface area (Å²) in [4.78, 5) is 4.37. The highest BCUT2D eigenvalue weighted by Crippen LogP contribution is 2.25. The zero-order valence-corrected chi connectivity index (χ0v) is 11.3. The molecule has 6 heteroatoms. The molecule has 0 radical (unpaired) electrons. The van der Waals surface area contributed by atoms with Gasteiger partial charge in [0.05, 0.1) is 5.69 Å². The van der Waals surface area contributed by atoms with Crippen LogP contribution in [0.4, 0.5) is 5.13 Å². The van der Waals surface area contributed by atoms with Gasteiger partial charge in [-0.2, -0.15) is 0 Å². The standard InChI is InChI=1S/C10H8BrN3S2/c11-7-3-1-6(2-4-7)8-5-16-10(13-8)14-9(12)15/h1-5H,(H3,12,13,14,15). The van der Waals surface area contributed by atoms with Gasteiger partial charge in [0.25, 0.3) is 0 Å². The van der Waals surface area contributed by atoms with Crippen molar-refractivity contribution >= 4 is 49.7 Å². The minimum Gasteiger partial charge on any atom is -0.376 e. The van der Waals surface area contributed by atoms with Gasteiger partial charge >= 0.3 is 0 Å². The number of anilines is 1. The molecule has 0 atom stereocenters. The summed E-state index contributed by atoms with van der Waals surface area (Å²) in [6, 6.07) is 7.97. The summed E-state index contributed by atoms with van der Waals surface area (Å²) in [6.07, 6.45) is 0. The van der Waals surface area contributed by atoms with E-state index in [9.17, 15) is 0 Å². The maximum absolute atomic E-state index is 5.37. The molecule has 82 valence electrons. The van der Waals surface area contributed by atoms with Crippen molar-refractivity contribution in [1.29, 1.82) is 0 Å². The third kappa shape index (κ3) is 2.78. The first-order valence-corrected chi connectivity index (χ1v) is 6.51. The van der Waals surface area contributed by atoms with E-state index in [0.29, 0.717) is 5.13 Å². The van der Waals surface area contributed by atoms with Crippen molar-refractivity contribution in [3.8, 4) is 11.3 Å². The summed E-state index contributed by atoms with van der Waals surface area (Å²) < 4.78 is 1.05. The zero-order valence-electron chi connectivity index (χ0n) is 8.11. The number of nitrogens with zero attached hydrogens (tertiary/aromatic N) is 1. The molecule has 0 aliphatic heterocycles. The fraction of sp³-hybridized carbons (Fsp3) is 0. The van der Waals surface area contributed by atoms with Crippen LogP contribution in [0.2, 0.25) is 0 Å². The number of thiazole rings is 1. The molecule has 0 fully saturated rings. The first-order valence-electron chi connectivity index (χ1n) is 4.43. The van der Waals surface area contributed by atoms with Gasteiger partial charge in [0.2, 0.25) is 0 Å². The molecule has 2 rings (SSSR count). The Morgan fingerprint density at radius 3 is 2.69 bits per heavy atom. The minimum atomic E-state index is 0.233. The fourth-order valence-corrected chi connectivity index (χ4v) is 2.35. The maximum Gasteiger partial charge on any atom is 0.189 e. The molecule has 0 aliphatic carbocycles. The molecule has 0 amide bonds. The fourth-order valence-electron chi connectivity index (χ4n) is 1.19. The SMILES string of the molecule is NC(=S)Nc1nc(-c2ccc(Br)cc2)cs1. The van der Waals surface area contributed by atoms with Gasteiger partial charge in [-0.05, 0) is 24.4 Å².